The van der Waals surface area contributed by atoms with Crippen LogP contribution >= 0.6 is 11.8 Å². The quantitative estimate of drug-likeness (QED) is 0.670. The second-order valence-corrected chi connectivity index (χ2v) is 6.77. The van der Waals surface area contributed by atoms with Gasteiger partial charge in [0, 0.05) is 23.7 Å². The lowest BCUT2D eigenvalue weighted by Crippen LogP contribution is -2.11. The van der Waals surface area contributed by atoms with E-state index in [2.05, 4.69) is 21.0 Å². The number of halogens is 3. The van der Waals surface area contributed by atoms with Crippen molar-refractivity contribution in [2.75, 3.05) is 11.5 Å². The Morgan fingerprint density at radius 2 is 1.83 bits per heavy atom. The summed E-state index contributed by atoms with van der Waals surface area (Å²) in [4.78, 5) is 11.8. The molecule has 0 saturated heterocycles. The number of alkyl halides is 3. The van der Waals surface area contributed by atoms with Gasteiger partial charge in [-0.05, 0) is 49.3 Å². The molecule has 0 aromatic carbocycles. The monoisotopic (exact) mass is 354 g/mol. The molecule has 0 aliphatic heterocycles. The third kappa shape index (κ3) is 4.17. The summed E-state index contributed by atoms with van der Waals surface area (Å²) in [6, 6.07) is 2.85. The Balaban J connectivity index is 1.63. The summed E-state index contributed by atoms with van der Waals surface area (Å²) in [7, 11) is 0. The number of nitrogens with two attached hydrogens (primary N) is 1. The van der Waals surface area contributed by atoms with Crippen molar-refractivity contribution in [2.24, 2.45) is 0 Å². The van der Waals surface area contributed by atoms with Crippen LogP contribution in [-0.2, 0) is 25.4 Å². The molecule has 2 N–H and O–H groups in total. The fourth-order valence-corrected chi connectivity index (χ4v) is 3.53. The standard InChI is InChI=1S/C16H17F3N4S/c17-16(18,19)13-8-14(20)23-15(22-13)24-6-5-12-7-10-3-1-2-4-11(10)9-21-12/h7-9H,1-6H2,(H2,20,22,23). The maximum atomic E-state index is 12.7. The molecule has 0 amide bonds. The van der Waals surface area contributed by atoms with Gasteiger partial charge < -0.3 is 5.73 Å². The second-order valence-electron chi connectivity index (χ2n) is 5.71. The van der Waals surface area contributed by atoms with Crippen molar-refractivity contribution in [3.8, 4) is 0 Å². The number of anilines is 1. The number of aryl methyl sites for hydroxylation is 3. The highest BCUT2D eigenvalue weighted by Crippen LogP contribution is 2.30. The number of hydrogen-bond acceptors (Lipinski definition) is 5. The maximum absolute atomic E-state index is 12.7. The summed E-state index contributed by atoms with van der Waals surface area (Å²) in [5.74, 6) is 0.374. The molecule has 1 aliphatic carbocycles. The van der Waals surface area contributed by atoms with E-state index in [1.54, 1.807) is 0 Å². The normalized spacial score (nSPS) is 14.5. The summed E-state index contributed by atoms with van der Waals surface area (Å²) in [5.41, 5.74) is 8.03. The minimum atomic E-state index is -4.52. The van der Waals surface area contributed by atoms with Gasteiger partial charge in [-0.15, -0.1) is 0 Å². The Bertz CT molecular complexity index is 734. The molecule has 0 radical (unpaired) electrons. The largest absolute Gasteiger partial charge is 0.433 e. The smallest absolute Gasteiger partial charge is 0.384 e. The third-order valence-corrected chi connectivity index (χ3v) is 4.74. The zero-order chi connectivity index (χ0) is 17.2. The molecule has 0 spiro atoms. The number of nitrogen functional groups attached to an aromatic ring is 1. The fraction of sp³-hybridized carbons (Fsp3) is 0.438. The van der Waals surface area contributed by atoms with Crippen molar-refractivity contribution in [1.82, 2.24) is 15.0 Å². The molecular formula is C16H17F3N4S. The average Bonchev–Trinajstić information content (AvgIpc) is 2.53. The maximum Gasteiger partial charge on any atom is 0.433 e. The molecule has 4 nitrogen and oxygen atoms in total. The summed E-state index contributed by atoms with van der Waals surface area (Å²) in [5, 5.41) is 0.0419. The number of rotatable bonds is 4. The van der Waals surface area contributed by atoms with Crippen LogP contribution in [-0.4, -0.2) is 20.7 Å². The molecular weight excluding hydrogens is 337 g/mol. The third-order valence-electron chi connectivity index (χ3n) is 3.89. The van der Waals surface area contributed by atoms with Crippen LogP contribution in [0.3, 0.4) is 0 Å². The van der Waals surface area contributed by atoms with Crippen LogP contribution in [0.5, 0.6) is 0 Å². The average molecular weight is 354 g/mol. The van der Waals surface area contributed by atoms with Gasteiger partial charge in [-0.1, -0.05) is 11.8 Å². The van der Waals surface area contributed by atoms with Crippen molar-refractivity contribution < 1.29 is 13.2 Å². The molecule has 0 unspecified atom stereocenters. The minimum absolute atomic E-state index is 0.0419. The lowest BCUT2D eigenvalue weighted by Gasteiger charge is -2.15. The zero-order valence-electron chi connectivity index (χ0n) is 12.9. The first-order valence-corrected chi connectivity index (χ1v) is 8.71. The lowest BCUT2D eigenvalue weighted by atomic mass is 9.93. The van der Waals surface area contributed by atoms with Crippen LogP contribution < -0.4 is 5.73 Å². The molecule has 0 atom stereocenters. The molecule has 1 aliphatic rings. The Morgan fingerprint density at radius 1 is 1.08 bits per heavy atom. The molecule has 24 heavy (non-hydrogen) atoms. The van der Waals surface area contributed by atoms with Crippen molar-refractivity contribution in [3.05, 3.63) is 40.8 Å². The van der Waals surface area contributed by atoms with E-state index < -0.39 is 11.9 Å². The van der Waals surface area contributed by atoms with Crippen molar-refractivity contribution in [1.29, 1.82) is 0 Å². The Kier molecular flexibility index (Phi) is 4.93. The Hall–Kier alpha value is -1.83. The van der Waals surface area contributed by atoms with Crippen LogP contribution in [0.15, 0.2) is 23.5 Å². The Labute approximate surface area is 142 Å². The number of nitrogens with zero attached hydrogens (tertiary/aromatic N) is 3. The van der Waals surface area contributed by atoms with Crippen LogP contribution in [0.25, 0.3) is 0 Å². The summed E-state index contributed by atoms with van der Waals surface area (Å²) >= 11 is 1.15. The van der Waals surface area contributed by atoms with Gasteiger partial charge in [0.1, 0.15) is 5.82 Å². The first kappa shape index (κ1) is 17.0. The van der Waals surface area contributed by atoms with E-state index >= 15 is 0 Å². The molecule has 2 aromatic heterocycles. The molecule has 0 fully saturated rings. The minimum Gasteiger partial charge on any atom is -0.384 e. The summed E-state index contributed by atoms with van der Waals surface area (Å²) in [6.07, 6.45) is 2.61. The van der Waals surface area contributed by atoms with Crippen molar-refractivity contribution in [3.63, 3.8) is 0 Å². The van der Waals surface area contributed by atoms with Gasteiger partial charge in [-0.2, -0.15) is 13.2 Å². The van der Waals surface area contributed by atoms with Crippen LogP contribution in [0, 0.1) is 0 Å². The fourth-order valence-electron chi connectivity index (χ4n) is 2.70. The first-order valence-electron chi connectivity index (χ1n) is 7.73. The van der Waals surface area contributed by atoms with Crippen LogP contribution in [0.2, 0.25) is 0 Å². The van der Waals surface area contributed by atoms with Crippen LogP contribution in [0.1, 0.15) is 35.4 Å². The number of pyridine rings is 1. The summed E-state index contributed by atoms with van der Waals surface area (Å²) in [6.45, 7) is 0. The molecule has 0 saturated carbocycles. The molecule has 2 aromatic rings. The van der Waals surface area contributed by atoms with E-state index in [-0.39, 0.29) is 11.0 Å². The van der Waals surface area contributed by atoms with Crippen LogP contribution in [0.4, 0.5) is 19.0 Å². The van der Waals surface area contributed by atoms with E-state index in [1.807, 2.05) is 6.20 Å². The lowest BCUT2D eigenvalue weighted by molar-refractivity contribution is -0.141. The number of thioether (sulfide) groups is 1. The predicted octanol–water partition coefficient (Wildman–Crippen LogP) is 3.69. The van der Waals surface area contributed by atoms with Gasteiger partial charge in [0.15, 0.2) is 10.9 Å². The molecule has 2 heterocycles. The Morgan fingerprint density at radius 3 is 2.58 bits per heavy atom. The molecule has 8 heteroatoms. The van der Waals surface area contributed by atoms with E-state index in [0.29, 0.717) is 12.2 Å². The topological polar surface area (TPSA) is 64.7 Å². The van der Waals surface area contributed by atoms with Gasteiger partial charge >= 0.3 is 6.18 Å². The van der Waals surface area contributed by atoms with E-state index in [0.717, 1.165) is 36.4 Å². The van der Waals surface area contributed by atoms with Crippen molar-refractivity contribution in [2.45, 2.75) is 43.4 Å². The SMILES string of the molecule is Nc1cc(C(F)(F)F)nc(SCCc2cc3c(cn2)CCCC3)n1. The van der Waals surface area contributed by atoms with Gasteiger partial charge in [0.25, 0.3) is 0 Å². The number of fused-ring (bicyclic) bond motifs is 1. The van der Waals surface area contributed by atoms with Gasteiger partial charge in [0.2, 0.25) is 0 Å². The van der Waals surface area contributed by atoms with Gasteiger partial charge in [-0.25, -0.2) is 9.97 Å². The highest BCUT2D eigenvalue weighted by atomic mass is 32.2. The highest BCUT2D eigenvalue weighted by molar-refractivity contribution is 7.99. The van der Waals surface area contributed by atoms with E-state index in [9.17, 15) is 13.2 Å². The predicted molar refractivity (Wildman–Crippen MR) is 86.8 cm³/mol. The molecule has 3 rings (SSSR count). The number of hydrogen-bond donors (Lipinski definition) is 1. The summed E-state index contributed by atoms with van der Waals surface area (Å²) < 4.78 is 38.2. The van der Waals surface area contributed by atoms with Gasteiger partial charge in [0.05, 0.1) is 0 Å². The first-order chi connectivity index (χ1) is 11.4. The number of aromatic nitrogens is 3. The highest BCUT2D eigenvalue weighted by Gasteiger charge is 2.33. The van der Waals surface area contributed by atoms with E-state index in [1.165, 1.54) is 24.0 Å². The molecule has 0 bridgehead atoms. The van der Waals surface area contributed by atoms with E-state index in [4.69, 9.17) is 5.73 Å². The van der Waals surface area contributed by atoms with Crippen molar-refractivity contribution >= 4 is 17.6 Å². The zero-order valence-corrected chi connectivity index (χ0v) is 13.8. The second kappa shape index (κ2) is 6.96. The molecule has 128 valence electrons. The van der Waals surface area contributed by atoms with Gasteiger partial charge in [-0.3, -0.25) is 4.98 Å².